The Kier molecular flexibility index (Phi) is 3.47. The van der Waals surface area contributed by atoms with E-state index in [-0.39, 0.29) is 29.0 Å². The second-order valence-electron chi connectivity index (χ2n) is 8.12. The number of esters is 1. The maximum atomic E-state index is 11.4. The first-order valence-corrected chi connectivity index (χ1v) is 8.90. The summed E-state index contributed by atoms with van der Waals surface area (Å²) in [4.78, 5) is 11.4. The zero-order valence-electron chi connectivity index (χ0n) is 14.9. The standard InChI is InChI=1S/C20H26O4/c1-12-9-19(4)17-13(2)20(12,10-22-14(3)21)11-23-18(17)15-7-5-6-8-16(15)24-19/h5-8,12-13,17-18H,9-11H2,1-4H3/t12-,13-,17+,18+,19+,20+/m0/s1. The lowest BCUT2D eigenvalue weighted by molar-refractivity contribution is -0.261. The van der Waals surface area contributed by atoms with Crippen LogP contribution in [-0.2, 0) is 14.3 Å². The Morgan fingerprint density at radius 1 is 1.33 bits per heavy atom. The zero-order valence-corrected chi connectivity index (χ0v) is 14.9. The number of para-hydroxylation sites is 1. The highest BCUT2D eigenvalue weighted by Crippen LogP contribution is 2.63. The van der Waals surface area contributed by atoms with E-state index in [9.17, 15) is 4.79 Å². The summed E-state index contributed by atoms with van der Waals surface area (Å²) in [6, 6.07) is 8.23. The molecule has 1 aliphatic carbocycles. The van der Waals surface area contributed by atoms with Crippen molar-refractivity contribution in [2.24, 2.45) is 23.2 Å². The maximum absolute atomic E-state index is 11.4. The maximum Gasteiger partial charge on any atom is 0.302 e. The number of rotatable bonds is 2. The number of hydrogen-bond donors (Lipinski definition) is 0. The normalized spacial score (nSPS) is 42.7. The molecule has 2 aliphatic heterocycles. The lowest BCUT2D eigenvalue weighted by atomic mass is 9.50. The minimum absolute atomic E-state index is 0.0629. The van der Waals surface area contributed by atoms with Gasteiger partial charge in [0.15, 0.2) is 0 Å². The Bertz CT molecular complexity index is 671. The molecule has 0 amide bonds. The molecule has 1 aromatic carbocycles. The molecule has 6 atom stereocenters. The SMILES string of the molecule is CC(=O)OC[C@@]12CO[C@@H]3c4ccccc4O[C@](C)(C[C@@H]1C)[C@@H]3[C@@H]2C. The first-order valence-electron chi connectivity index (χ1n) is 8.90. The van der Waals surface area contributed by atoms with Crippen LogP contribution in [-0.4, -0.2) is 24.8 Å². The van der Waals surface area contributed by atoms with Gasteiger partial charge in [0.2, 0.25) is 0 Å². The Labute approximate surface area is 143 Å². The molecule has 1 saturated carbocycles. The van der Waals surface area contributed by atoms with Crippen LogP contribution < -0.4 is 4.74 Å². The molecule has 4 heteroatoms. The quantitative estimate of drug-likeness (QED) is 0.775. The summed E-state index contributed by atoms with van der Waals surface area (Å²) in [6.45, 7) is 9.30. The summed E-state index contributed by atoms with van der Waals surface area (Å²) < 4.78 is 18.4. The molecule has 0 aromatic heterocycles. The van der Waals surface area contributed by atoms with Crippen molar-refractivity contribution in [2.75, 3.05) is 13.2 Å². The Balaban J connectivity index is 1.76. The Hall–Kier alpha value is -1.55. The highest BCUT2D eigenvalue weighted by atomic mass is 16.5. The van der Waals surface area contributed by atoms with Crippen LogP contribution in [0.25, 0.3) is 0 Å². The second-order valence-corrected chi connectivity index (χ2v) is 8.12. The molecule has 24 heavy (non-hydrogen) atoms. The number of hydrogen-bond acceptors (Lipinski definition) is 4. The molecule has 0 radical (unpaired) electrons. The lowest BCUT2D eigenvalue weighted by Crippen LogP contribution is -2.66. The van der Waals surface area contributed by atoms with E-state index in [4.69, 9.17) is 14.2 Å². The summed E-state index contributed by atoms with van der Waals surface area (Å²) in [5.74, 6) is 1.73. The Morgan fingerprint density at radius 2 is 2.08 bits per heavy atom. The van der Waals surface area contributed by atoms with E-state index in [1.807, 2.05) is 18.2 Å². The van der Waals surface area contributed by atoms with Crippen LogP contribution in [0.15, 0.2) is 24.3 Å². The fourth-order valence-corrected chi connectivity index (χ4v) is 5.49. The molecule has 2 bridgehead atoms. The number of benzene rings is 1. The van der Waals surface area contributed by atoms with Gasteiger partial charge in [-0.05, 0) is 31.2 Å². The van der Waals surface area contributed by atoms with Gasteiger partial charge in [-0.1, -0.05) is 32.0 Å². The van der Waals surface area contributed by atoms with E-state index in [2.05, 4.69) is 26.8 Å². The minimum Gasteiger partial charge on any atom is -0.487 e. The van der Waals surface area contributed by atoms with Gasteiger partial charge < -0.3 is 14.2 Å². The second kappa shape index (κ2) is 5.22. The van der Waals surface area contributed by atoms with Crippen molar-refractivity contribution >= 4 is 5.97 Å². The molecule has 3 aliphatic rings. The highest BCUT2D eigenvalue weighted by Gasteiger charge is 2.64. The molecule has 130 valence electrons. The van der Waals surface area contributed by atoms with Gasteiger partial charge in [0, 0.05) is 23.8 Å². The minimum atomic E-state index is -0.238. The van der Waals surface area contributed by atoms with Gasteiger partial charge in [0.25, 0.3) is 0 Å². The molecule has 0 spiro atoms. The molecule has 1 saturated heterocycles. The molecule has 0 N–H and O–H groups in total. The first kappa shape index (κ1) is 15.9. The molecular weight excluding hydrogens is 304 g/mol. The van der Waals surface area contributed by atoms with Gasteiger partial charge in [0.05, 0.1) is 19.3 Å². The van der Waals surface area contributed by atoms with E-state index in [0.717, 1.165) is 17.7 Å². The van der Waals surface area contributed by atoms with Gasteiger partial charge in [-0.3, -0.25) is 4.79 Å². The topological polar surface area (TPSA) is 44.8 Å². The van der Waals surface area contributed by atoms with Crippen LogP contribution in [0.3, 0.4) is 0 Å². The number of fused-ring (bicyclic) bond motifs is 3. The summed E-state index contributed by atoms with van der Waals surface area (Å²) >= 11 is 0. The van der Waals surface area contributed by atoms with Crippen molar-refractivity contribution in [3.8, 4) is 5.75 Å². The number of carbonyl (C=O) groups is 1. The van der Waals surface area contributed by atoms with Crippen LogP contribution in [0.4, 0.5) is 0 Å². The van der Waals surface area contributed by atoms with Crippen LogP contribution in [0.5, 0.6) is 5.75 Å². The fraction of sp³-hybridized carbons (Fsp3) is 0.650. The van der Waals surface area contributed by atoms with Gasteiger partial charge in [-0.25, -0.2) is 0 Å². The largest absolute Gasteiger partial charge is 0.487 e. The van der Waals surface area contributed by atoms with Crippen molar-refractivity contribution in [3.05, 3.63) is 29.8 Å². The third kappa shape index (κ3) is 2.05. The summed E-state index contributed by atoms with van der Waals surface area (Å²) in [7, 11) is 0. The number of ether oxygens (including phenoxy) is 3. The fourth-order valence-electron chi connectivity index (χ4n) is 5.49. The highest BCUT2D eigenvalue weighted by molar-refractivity contribution is 5.65. The number of carbonyl (C=O) groups excluding carboxylic acids is 1. The summed E-state index contributed by atoms with van der Waals surface area (Å²) in [5.41, 5.74) is 0.794. The van der Waals surface area contributed by atoms with Crippen molar-refractivity contribution < 1.29 is 19.0 Å². The van der Waals surface area contributed by atoms with Gasteiger partial charge in [-0.15, -0.1) is 0 Å². The molecule has 4 nitrogen and oxygen atoms in total. The smallest absolute Gasteiger partial charge is 0.302 e. The summed E-state index contributed by atoms with van der Waals surface area (Å²) in [6.07, 6.45) is 1.02. The van der Waals surface area contributed by atoms with Crippen LogP contribution in [0, 0.1) is 23.2 Å². The van der Waals surface area contributed by atoms with Gasteiger partial charge in [-0.2, -0.15) is 0 Å². The monoisotopic (exact) mass is 330 g/mol. The third-order valence-corrected chi connectivity index (χ3v) is 6.81. The molecule has 0 unspecified atom stereocenters. The zero-order chi connectivity index (χ0) is 17.1. The van der Waals surface area contributed by atoms with Crippen molar-refractivity contribution in [2.45, 2.75) is 45.8 Å². The molecule has 2 fully saturated rings. The average molecular weight is 330 g/mol. The predicted molar refractivity (Wildman–Crippen MR) is 89.7 cm³/mol. The van der Waals surface area contributed by atoms with Crippen molar-refractivity contribution in [1.29, 1.82) is 0 Å². The van der Waals surface area contributed by atoms with Crippen LogP contribution in [0.2, 0.25) is 0 Å². The average Bonchev–Trinajstić information content (AvgIpc) is 2.52. The van der Waals surface area contributed by atoms with E-state index < -0.39 is 0 Å². The van der Waals surface area contributed by atoms with E-state index in [1.54, 1.807) is 0 Å². The van der Waals surface area contributed by atoms with E-state index in [0.29, 0.717) is 25.0 Å². The van der Waals surface area contributed by atoms with E-state index >= 15 is 0 Å². The molecule has 1 aromatic rings. The van der Waals surface area contributed by atoms with Crippen molar-refractivity contribution in [1.82, 2.24) is 0 Å². The molecular formula is C20H26O4. The Morgan fingerprint density at radius 3 is 2.83 bits per heavy atom. The van der Waals surface area contributed by atoms with E-state index in [1.165, 1.54) is 6.92 Å². The van der Waals surface area contributed by atoms with Crippen molar-refractivity contribution in [3.63, 3.8) is 0 Å². The van der Waals surface area contributed by atoms with Gasteiger partial charge >= 0.3 is 5.97 Å². The lowest BCUT2D eigenvalue weighted by Gasteiger charge is -2.63. The first-order chi connectivity index (χ1) is 11.4. The summed E-state index contributed by atoms with van der Waals surface area (Å²) in [5, 5.41) is 0. The van der Waals surface area contributed by atoms with Crippen LogP contribution >= 0.6 is 0 Å². The third-order valence-electron chi connectivity index (χ3n) is 6.81. The predicted octanol–water partition coefficient (Wildman–Crippen LogP) is 3.75. The van der Waals surface area contributed by atoms with Crippen LogP contribution in [0.1, 0.15) is 45.8 Å². The molecule has 2 heterocycles. The van der Waals surface area contributed by atoms with Gasteiger partial charge in [0.1, 0.15) is 11.4 Å². The molecule has 4 rings (SSSR count).